The van der Waals surface area contributed by atoms with Crippen molar-refractivity contribution in [2.45, 2.75) is 26.8 Å². The highest BCUT2D eigenvalue weighted by molar-refractivity contribution is 5.30. The molecule has 1 aromatic heterocycles. The predicted octanol–water partition coefficient (Wildman–Crippen LogP) is 3.17. The molecule has 0 saturated carbocycles. The lowest BCUT2D eigenvalue weighted by Crippen LogP contribution is -2.17. The van der Waals surface area contributed by atoms with E-state index in [1.807, 2.05) is 38.2 Å². The summed E-state index contributed by atoms with van der Waals surface area (Å²) in [5.41, 5.74) is 3.78. The van der Waals surface area contributed by atoms with Crippen molar-refractivity contribution in [2.75, 3.05) is 6.54 Å². The fraction of sp³-hybridized carbons (Fsp3) is 0.312. The highest BCUT2D eigenvalue weighted by atomic mass is 19.1. The lowest BCUT2D eigenvalue weighted by Gasteiger charge is -2.08. The lowest BCUT2D eigenvalue weighted by atomic mass is 10.1. The predicted molar refractivity (Wildman–Crippen MR) is 75.5 cm³/mol. The minimum absolute atomic E-state index is 0.0980. The molecule has 0 bridgehead atoms. The number of hydrogen-bond acceptors (Lipinski definition) is 2. The number of pyridine rings is 1. The summed E-state index contributed by atoms with van der Waals surface area (Å²) in [6.45, 7) is 5.27. The Hall–Kier alpha value is -1.74. The van der Waals surface area contributed by atoms with E-state index in [0.29, 0.717) is 11.1 Å². The molecule has 0 saturated heterocycles. The molecule has 1 heterocycles. The number of benzene rings is 1. The van der Waals surface area contributed by atoms with Gasteiger partial charge in [-0.1, -0.05) is 18.2 Å². The Balaban J connectivity index is 1.83. The molecule has 0 amide bonds. The van der Waals surface area contributed by atoms with Gasteiger partial charge in [0.25, 0.3) is 0 Å². The maximum atomic E-state index is 13.5. The van der Waals surface area contributed by atoms with Gasteiger partial charge in [-0.3, -0.25) is 4.98 Å². The van der Waals surface area contributed by atoms with E-state index in [2.05, 4.69) is 16.4 Å². The standard InChI is InChI=1S/C16H19FN2/c1-12-8-15(9-13(2)16(12)17)11-19-7-5-14-4-3-6-18-10-14/h3-4,6,8-10,19H,5,7,11H2,1-2H3. The molecule has 0 fully saturated rings. The van der Waals surface area contributed by atoms with Crippen LogP contribution in [0, 0.1) is 19.7 Å². The molecule has 19 heavy (non-hydrogen) atoms. The van der Waals surface area contributed by atoms with E-state index in [1.54, 1.807) is 6.20 Å². The molecule has 2 rings (SSSR count). The zero-order valence-corrected chi connectivity index (χ0v) is 11.4. The Morgan fingerprint density at radius 3 is 2.53 bits per heavy atom. The molecule has 0 aliphatic carbocycles. The number of halogens is 1. The molecule has 2 aromatic rings. The molecule has 1 N–H and O–H groups in total. The number of nitrogens with zero attached hydrogens (tertiary/aromatic N) is 1. The van der Waals surface area contributed by atoms with Crippen molar-refractivity contribution in [1.82, 2.24) is 10.3 Å². The minimum atomic E-state index is -0.0980. The summed E-state index contributed by atoms with van der Waals surface area (Å²) in [5.74, 6) is -0.0980. The summed E-state index contributed by atoms with van der Waals surface area (Å²) in [5, 5.41) is 3.37. The maximum Gasteiger partial charge on any atom is 0.129 e. The van der Waals surface area contributed by atoms with E-state index in [0.717, 1.165) is 25.1 Å². The zero-order chi connectivity index (χ0) is 13.7. The first-order valence-electron chi connectivity index (χ1n) is 6.52. The normalized spacial score (nSPS) is 10.7. The van der Waals surface area contributed by atoms with Crippen LogP contribution in [0.2, 0.25) is 0 Å². The van der Waals surface area contributed by atoms with Crippen LogP contribution in [0.1, 0.15) is 22.3 Å². The number of aryl methyl sites for hydroxylation is 2. The van der Waals surface area contributed by atoms with Gasteiger partial charge in [0.2, 0.25) is 0 Å². The van der Waals surface area contributed by atoms with Crippen LogP contribution in [0.3, 0.4) is 0 Å². The lowest BCUT2D eigenvalue weighted by molar-refractivity contribution is 0.606. The third-order valence-electron chi connectivity index (χ3n) is 3.14. The van der Waals surface area contributed by atoms with Crippen LogP contribution >= 0.6 is 0 Å². The fourth-order valence-electron chi connectivity index (χ4n) is 2.15. The van der Waals surface area contributed by atoms with Gasteiger partial charge in [-0.2, -0.15) is 0 Å². The first kappa shape index (κ1) is 13.7. The molecule has 2 nitrogen and oxygen atoms in total. The monoisotopic (exact) mass is 258 g/mol. The van der Waals surface area contributed by atoms with Crippen molar-refractivity contribution in [2.24, 2.45) is 0 Å². The Bertz CT molecular complexity index is 515. The summed E-state index contributed by atoms with van der Waals surface area (Å²) in [6, 6.07) is 7.82. The minimum Gasteiger partial charge on any atom is -0.312 e. The van der Waals surface area contributed by atoms with Crippen molar-refractivity contribution in [3.8, 4) is 0 Å². The molecule has 0 aliphatic heterocycles. The second-order valence-corrected chi connectivity index (χ2v) is 4.83. The van der Waals surface area contributed by atoms with E-state index < -0.39 is 0 Å². The summed E-state index contributed by atoms with van der Waals surface area (Å²) < 4.78 is 13.5. The van der Waals surface area contributed by atoms with Gasteiger partial charge < -0.3 is 5.32 Å². The van der Waals surface area contributed by atoms with Gasteiger partial charge in [0.1, 0.15) is 5.82 Å². The number of hydrogen-bond donors (Lipinski definition) is 1. The second kappa shape index (κ2) is 6.43. The molecule has 0 unspecified atom stereocenters. The summed E-state index contributed by atoms with van der Waals surface area (Å²) in [6.07, 6.45) is 4.61. The molecular formula is C16H19FN2. The Morgan fingerprint density at radius 2 is 1.89 bits per heavy atom. The van der Waals surface area contributed by atoms with Crippen LogP contribution in [0.15, 0.2) is 36.7 Å². The van der Waals surface area contributed by atoms with Gasteiger partial charge in [-0.25, -0.2) is 4.39 Å². The van der Waals surface area contributed by atoms with Crippen molar-refractivity contribution < 1.29 is 4.39 Å². The van der Waals surface area contributed by atoms with Gasteiger partial charge in [0.05, 0.1) is 0 Å². The Labute approximate surface area is 113 Å². The van der Waals surface area contributed by atoms with E-state index in [9.17, 15) is 4.39 Å². The second-order valence-electron chi connectivity index (χ2n) is 4.83. The third kappa shape index (κ3) is 3.86. The molecule has 0 atom stereocenters. The molecular weight excluding hydrogens is 239 g/mol. The van der Waals surface area contributed by atoms with Crippen molar-refractivity contribution in [3.63, 3.8) is 0 Å². The van der Waals surface area contributed by atoms with Crippen LogP contribution in [-0.4, -0.2) is 11.5 Å². The number of aromatic nitrogens is 1. The smallest absolute Gasteiger partial charge is 0.129 e. The maximum absolute atomic E-state index is 13.5. The molecule has 1 aromatic carbocycles. The average Bonchev–Trinajstić information content (AvgIpc) is 2.42. The van der Waals surface area contributed by atoms with Crippen molar-refractivity contribution in [3.05, 3.63) is 64.7 Å². The average molecular weight is 258 g/mol. The van der Waals surface area contributed by atoms with Crippen LogP contribution in [0.5, 0.6) is 0 Å². The number of nitrogens with one attached hydrogen (secondary N) is 1. The summed E-state index contributed by atoms with van der Waals surface area (Å²) in [7, 11) is 0. The van der Waals surface area contributed by atoms with E-state index in [4.69, 9.17) is 0 Å². The Kier molecular flexibility index (Phi) is 4.63. The third-order valence-corrected chi connectivity index (χ3v) is 3.14. The van der Waals surface area contributed by atoms with Crippen LogP contribution in [-0.2, 0) is 13.0 Å². The highest BCUT2D eigenvalue weighted by Gasteiger charge is 2.03. The van der Waals surface area contributed by atoms with Crippen molar-refractivity contribution in [1.29, 1.82) is 0 Å². The SMILES string of the molecule is Cc1cc(CNCCc2cccnc2)cc(C)c1F. The van der Waals surface area contributed by atoms with E-state index in [-0.39, 0.29) is 5.82 Å². The zero-order valence-electron chi connectivity index (χ0n) is 11.4. The van der Waals surface area contributed by atoms with Gasteiger partial charge in [-0.05, 0) is 55.1 Å². The summed E-state index contributed by atoms with van der Waals surface area (Å²) >= 11 is 0. The van der Waals surface area contributed by atoms with Crippen molar-refractivity contribution >= 4 is 0 Å². The summed E-state index contributed by atoms with van der Waals surface area (Å²) in [4.78, 5) is 4.09. The Morgan fingerprint density at radius 1 is 1.16 bits per heavy atom. The van der Waals surface area contributed by atoms with Gasteiger partial charge in [-0.15, -0.1) is 0 Å². The van der Waals surface area contributed by atoms with Gasteiger partial charge >= 0.3 is 0 Å². The fourth-order valence-corrected chi connectivity index (χ4v) is 2.15. The highest BCUT2D eigenvalue weighted by Crippen LogP contribution is 2.14. The molecule has 100 valence electrons. The first-order chi connectivity index (χ1) is 9.16. The molecule has 0 spiro atoms. The van der Waals surface area contributed by atoms with Crippen LogP contribution in [0.4, 0.5) is 4.39 Å². The molecule has 0 radical (unpaired) electrons. The van der Waals surface area contributed by atoms with Crippen LogP contribution < -0.4 is 5.32 Å². The van der Waals surface area contributed by atoms with E-state index >= 15 is 0 Å². The van der Waals surface area contributed by atoms with Gasteiger partial charge in [0, 0.05) is 18.9 Å². The first-order valence-corrected chi connectivity index (χ1v) is 6.52. The van der Waals surface area contributed by atoms with Gasteiger partial charge in [0.15, 0.2) is 0 Å². The van der Waals surface area contributed by atoms with E-state index in [1.165, 1.54) is 5.56 Å². The molecule has 3 heteroatoms. The topological polar surface area (TPSA) is 24.9 Å². The van der Waals surface area contributed by atoms with Crippen LogP contribution in [0.25, 0.3) is 0 Å². The quantitative estimate of drug-likeness (QED) is 0.833. The number of rotatable bonds is 5. The largest absolute Gasteiger partial charge is 0.312 e. The molecule has 0 aliphatic rings.